The van der Waals surface area contributed by atoms with Crippen molar-refractivity contribution in [2.75, 3.05) is 5.32 Å². The molecule has 0 heterocycles. The molecule has 86 valence electrons. The van der Waals surface area contributed by atoms with Crippen molar-refractivity contribution in [3.63, 3.8) is 0 Å². The van der Waals surface area contributed by atoms with Crippen molar-refractivity contribution < 1.29 is 4.79 Å². The highest BCUT2D eigenvalue weighted by Crippen LogP contribution is 2.26. The van der Waals surface area contributed by atoms with Crippen molar-refractivity contribution in [3.05, 3.63) is 28.2 Å². The van der Waals surface area contributed by atoms with Gasteiger partial charge in [0.2, 0.25) is 5.91 Å². The molecule has 4 nitrogen and oxygen atoms in total. The van der Waals surface area contributed by atoms with Crippen LogP contribution in [0.3, 0.4) is 0 Å². The number of halogens is 1. The number of hydrogen-bond acceptors (Lipinski definition) is 3. The number of nitrogens with one attached hydrogen (secondary N) is 1. The van der Waals surface area contributed by atoms with Crippen LogP contribution >= 0.6 is 15.9 Å². The van der Waals surface area contributed by atoms with E-state index in [1.165, 1.54) is 0 Å². The largest absolute Gasteiger partial charge is 0.382 e. The number of rotatable bonds is 3. The first kappa shape index (κ1) is 11.4. The van der Waals surface area contributed by atoms with Gasteiger partial charge in [0.1, 0.15) is 0 Å². The molecule has 0 saturated heterocycles. The lowest BCUT2D eigenvalue weighted by Crippen LogP contribution is -2.44. The van der Waals surface area contributed by atoms with E-state index in [9.17, 15) is 4.79 Å². The van der Waals surface area contributed by atoms with E-state index in [-0.39, 0.29) is 0 Å². The van der Waals surface area contributed by atoms with Crippen LogP contribution in [0.25, 0.3) is 0 Å². The average Bonchev–Trinajstić information content (AvgIpc) is 2.15. The van der Waals surface area contributed by atoms with Gasteiger partial charge in [-0.3, -0.25) is 4.79 Å². The van der Waals surface area contributed by atoms with Gasteiger partial charge in [-0.2, -0.15) is 0 Å². The number of primary amides is 1. The first-order chi connectivity index (χ1) is 7.56. The van der Waals surface area contributed by atoms with E-state index in [0.717, 1.165) is 18.5 Å². The number of carbonyl (C=O) groups excluding carboxylic acids is 1. The van der Waals surface area contributed by atoms with Crippen molar-refractivity contribution in [3.8, 4) is 0 Å². The Morgan fingerprint density at radius 3 is 2.62 bits per heavy atom. The van der Waals surface area contributed by atoms with Crippen LogP contribution in [0.5, 0.6) is 0 Å². The van der Waals surface area contributed by atoms with Crippen LogP contribution in [0, 0.1) is 0 Å². The van der Waals surface area contributed by atoms with Gasteiger partial charge < -0.3 is 16.8 Å². The van der Waals surface area contributed by atoms with Crippen molar-refractivity contribution >= 4 is 27.5 Å². The quantitative estimate of drug-likeness (QED) is 0.785. The Balaban J connectivity index is 2.06. The lowest BCUT2D eigenvalue weighted by Gasteiger charge is -2.33. The van der Waals surface area contributed by atoms with Crippen molar-refractivity contribution in [2.24, 2.45) is 11.5 Å². The van der Waals surface area contributed by atoms with Crippen LogP contribution < -0.4 is 16.8 Å². The standard InChI is InChI=1S/C11H14BrN3O/c12-10-5-7(1-2-9(10)11(14)16)15-8-3-6(13)4-8/h1-2,5-6,8,15H,3-4,13H2,(H2,14,16). The monoisotopic (exact) mass is 283 g/mol. The highest BCUT2D eigenvalue weighted by molar-refractivity contribution is 9.10. The normalized spacial score (nSPS) is 23.6. The molecule has 1 aliphatic carbocycles. The van der Waals surface area contributed by atoms with Crippen LogP contribution in [0.4, 0.5) is 5.69 Å². The van der Waals surface area contributed by atoms with E-state index in [2.05, 4.69) is 21.2 Å². The number of amides is 1. The minimum absolute atomic E-state index is 0.325. The lowest BCUT2D eigenvalue weighted by molar-refractivity contribution is 0.0999. The second-order valence-electron chi connectivity index (χ2n) is 4.13. The van der Waals surface area contributed by atoms with Gasteiger partial charge in [0.05, 0.1) is 5.56 Å². The maximum absolute atomic E-state index is 11.0. The van der Waals surface area contributed by atoms with Crippen molar-refractivity contribution in [1.29, 1.82) is 0 Å². The number of anilines is 1. The Hall–Kier alpha value is -1.07. The number of hydrogen-bond donors (Lipinski definition) is 3. The molecular weight excluding hydrogens is 270 g/mol. The van der Waals surface area contributed by atoms with E-state index in [1.54, 1.807) is 6.07 Å². The zero-order valence-corrected chi connectivity index (χ0v) is 10.3. The zero-order chi connectivity index (χ0) is 11.7. The molecule has 2 rings (SSSR count). The summed E-state index contributed by atoms with van der Waals surface area (Å²) in [6.45, 7) is 0. The maximum atomic E-state index is 11.0. The summed E-state index contributed by atoms with van der Waals surface area (Å²) in [6, 6.07) is 6.21. The smallest absolute Gasteiger partial charge is 0.249 e. The average molecular weight is 284 g/mol. The molecule has 0 radical (unpaired) electrons. The van der Waals surface area contributed by atoms with Crippen molar-refractivity contribution in [2.45, 2.75) is 24.9 Å². The number of carbonyl (C=O) groups is 1. The summed E-state index contributed by atoms with van der Waals surface area (Å²) in [6.07, 6.45) is 1.99. The van der Waals surface area contributed by atoms with Crippen LogP contribution in [0.1, 0.15) is 23.2 Å². The SMILES string of the molecule is NC(=O)c1ccc(NC2CC(N)C2)cc1Br. The molecule has 0 spiro atoms. The van der Waals surface area contributed by atoms with Gasteiger partial charge in [0, 0.05) is 22.2 Å². The molecule has 1 saturated carbocycles. The fraction of sp³-hybridized carbons (Fsp3) is 0.364. The molecule has 1 aromatic rings. The summed E-state index contributed by atoms with van der Waals surface area (Å²) in [5.41, 5.74) is 12.4. The topological polar surface area (TPSA) is 81.1 Å². The summed E-state index contributed by atoms with van der Waals surface area (Å²) < 4.78 is 0.716. The molecule has 1 fully saturated rings. The van der Waals surface area contributed by atoms with Gasteiger partial charge in [0.15, 0.2) is 0 Å². The fourth-order valence-electron chi connectivity index (χ4n) is 1.82. The highest BCUT2D eigenvalue weighted by atomic mass is 79.9. The minimum atomic E-state index is -0.427. The van der Waals surface area contributed by atoms with Gasteiger partial charge in [-0.15, -0.1) is 0 Å². The third-order valence-corrected chi connectivity index (χ3v) is 3.44. The second kappa shape index (κ2) is 4.43. The van der Waals surface area contributed by atoms with Crippen LogP contribution in [-0.2, 0) is 0 Å². The Labute approximate surface area is 103 Å². The highest BCUT2D eigenvalue weighted by Gasteiger charge is 2.25. The predicted octanol–water partition coefficient (Wildman–Crippen LogP) is 1.45. The Bertz CT molecular complexity index is 416. The molecule has 1 amide bonds. The molecule has 5 N–H and O–H groups in total. The van der Waals surface area contributed by atoms with Crippen LogP contribution in [0.2, 0.25) is 0 Å². The van der Waals surface area contributed by atoms with Crippen molar-refractivity contribution in [1.82, 2.24) is 0 Å². The van der Waals surface area contributed by atoms with Gasteiger partial charge in [-0.05, 0) is 47.0 Å². The maximum Gasteiger partial charge on any atom is 0.249 e. The number of benzene rings is 1. The fourth-order valence-corrected chi connectivity index (χ4v) is 2.39. The molecule has 5 heteroatoms. The van der Waals surface area contributed by atoms with Crippen LogP contribution in [-0.4, -0.2) is 18.0 Å². The lowest BCUT2D eigenvalue weighted by atomic mass is 9.87. The molecule has 0 bridgehead atoms. The molecule has 16 heavy (non-hydrogen) atoms. The molecule has 0 aromatic heterocycles. The molecule has 1 aromatic carbocycles. The molecular formula is C11H14BrN3O. The summed E-state index contributed by atoms with van der Waals surface area (Å²) >= 11 is 3.32. The summed E-state index contributed by atoms with van der Waals surface area (Å²) in [4.78, 5) is 11.0. The first-order valence-corrected chi connectivity index (χ1v) is 5.97. The Morgan fingerprint density at radius 1 is 1.44 bits per heavy atom. The van der Waals surface area contributed by atoms with Gasteiger partial charge in [-0.25, -0.2) is 0 Å². The summed E-state index contributed by atoms with van der Waals surface area (Å²) in [7, 11) is 0. The Morgan fingerprint density at radius 2 is 2.12 bits per heavy atom. The first-order valence-electron chi connectivity index (χ1n) is 5.17. The second-order valence-corrected chi connectivity index (χ2v) is 4.99. The van der Waals surface area contributed by atoms with Gasteiger partial charge in [0.25, 0.3) is 0 Å². The predicted molar refractivity (Wildman–Crippen MR) is 67.3 cm³/mol. The van der Waals surface area contributed by atoms with E-state index < -0.39 is 5.91 Å². The van der Waals surface area contributed by atoms with Gasteiger partial charge in [-0.1, -0.05) is 0 Å². The molecule has 0 aliphatic heterocycles. The summed E-state index contributed by atoms with van der Waals surface area (Å²) in [5, 5.41) is 3.35. The Kier molecular flexibility index (Phi) is 3.16. The van der Waals surface area contributed by atoms with E-state index in [1.807, 2.05) is 12.1 Å². The molecule has 1 aliphatic rings. The van der Waals surface area contributed by atoms with Gasteiger partial charge >= 0.3 is 0 Å². The number of nitrogens with two attached hydrogens (primary N) is 2. The summed E-state index contributed by atoms with van der Waals surface area (Å²) in [5.74, 6) is -0.427. The third-order valence-electron chi connectivity index (χ3n) is 2.78. The van der Waals surface area contributed by atoms with Crippen LogP contribution in [0.15, 0.2) is 22.7 Å². The minimum Gasteiger partial charge on any atom is -0.382 e. The zero-order valence-electron chi connectivity index (χ0n) is 8.74. The molecule has 0 atom stereocenters. The van der Waals surface area contributed by atoms with E-state index in [4.69, 9.17) is 11.5 Å². The van der Waals surface area contributed by atoms with E-state index in [0.29, 0.717) is 22.1 Å². The molecule has 0 unspecified atom stereocenters. The van der Waals surface area contributed by atoms with E-state index >= 15 is 0 Å². The third kappa shape index (κ3) is 2.36.